The van der Waals surface area contributed by atoms with Crippen LogP contribution in [0.4, 0.5) is 0 Å². The number of para-hydroxylation sites is 2. The first kappa shape index (κ1) is 14.7. The molecular weight excluding hydrogens is 322 g/mol. The molecule has 25 heavy (non-hydrogen) atoms. The summed E-state index contributed by atoms with van der Waals surface area (Å²) in [5.41, 5.74) is 6.57. The van der Waals surface area contributed by atoms with E-state index >= 15 is 0 Å². The van der Waals surface area contributed by atoms with Gasteiger partial charge in [0.2, 0.25) is 0 Å². The molecule has 0 fully saturated rings. The van der Waals surface area contributed by atoms with Crippen LogP contribution in [0.1, 0.15) is 16.0 Å². The predicted octanol–water partition coefficient (Wildman–Crippen LogP) is 6.92. The summed E-state index contributed by atoms with van der Waals surface area (Å²) >= 11 is 1.90. The van der Waals surface area contributed by atoms with Gasteiger partial charge in [-0.2, -0.15) is 0 Å². The molecular formula is C23H19NS. The van der Waals surface area contributed by atoms with Gasteiger partial charge in [-0.1, -0.05) is 36.4 Å². The van der Waals surface area contributed by atoms with E-state index in [0.717, 1.165) is 0 Å². The van der Waals surface area contributed by atoms with Gasteiger partial charge < -0.3 is 4.57 Å². The highest BCUT2D eigenvalue weighted by molar-refractivity contribution is 7.19. The summed E-state index contributed by atoms with van der Waals surface area (Å²) in [6.45, 7) is 6.67. The molecule has 0 bridgehead atoms. The summed E-state index contributed by atoms with van der Waals surface area (Å²) in [7, 11) is 0. The van der Waals surface area contributed by atoms with Crippen molar-refractivity contribution in [2.75, 3.05) is 0 Å². The van der Waals surface area contributed by atoms with Crippen LogP contribution in [-0.2, 0) is 0 Å². The van der Waals surface area contributed by atoms with Crippen molar-refractivity contribution < 1.29 is 0 Å². The van der Waals surface area contributed by atoms with Gasteiger partial charge in [0.05, 0.1) is 16.7 Å². The molecule has 0 aliphatic rings. The lowest BCUT2D eigenvalue weighted by atomic mass is 10.1. The maximum absolute atomic E-state index is 2.42. The summed E-state index contributed by atoms with van der Waals surface area (Å²) in [6, 6.07) is 22.1. The zero-order valence-corrected chi connectivity index (χ0v) is 15.4. The molecule has 0 spiro atoms. The monoisotopic (exact) mass is 341 g/mol. The van der Waals surface area contributed by atoms with Gasteiger partial charge in [0.25, 0.3) is 0 Å². The molecule has 1 nitrogen and oxygen atoms in total. The van der Waals surface area contributed by atoms with Crippen molar-refractivity contribution in [1.29, 1.82) is 0 Å². The second-order valence-electron chi connectivity index (χ2n) is 6.79. The average molecular weight is 341 g/mol. The number of hydrogen-bond donors (Lipinski definition) is 0. The summed E-state index contributed by atoms with van der Waals surface area (Å²) in [5, 5.41) is 4.02. The fourth-order valence-corrected chi connectivity index (χ4v) is 4.99. The normalized spacial score (nSPS) is 11.8. The summed E-state index contributed by atoms with van der Waals surface area (Å²) in [5.74, 6) is 0. The average Bonchev–Trinajstić information content (AvgIpc) is 3.10. The molecule has 0 radical (unpaired) electrons. The molecule has 5 aromatic rings. The van der Waals surface area contributed by atoms with Gasteiger partial charge in [-0.25, -0.2) is 0 Å². The molecule has 0 saturated carbocycles. The zero-order chi connectivity index (χ0) is 17.1. The van der Waals surface area contributed by atoms with E-state index in [1.165, 1.54) is 53.6 Å². The van der Waals surface area contributed by atoms with Crippen LogP contribution in [0.3, 0.4) is 0 Å². The van der Waals surface area contributed by atoms with Gasteiger partial charge in [0, 0.05) is 20.3 Å². The number of aryl methyl sites for hydroxylation is 3. The van der Waals surface area contributed by atoms with E-state index in [2.05, 4.69) is 86.0 Å². The Morgan fingerprint density at radius 1 is 0.720 bits per heavy atom. The number of benzene rings is 3. The van der Waals surface area contributed by atoms with Crippen LogP contribution in [0.2, 0.25) is 0 Å². The fraction of sp³-hybridized carbons (Fsp3) is 0.130. The number of fused-ring (bicyclic) bond motifs is 4. The summed E-state index contributed by atoms with van der Waals surface area (Å²) in [4.78, 5) is 1.41. The van der Waals surface area contributed by atoms with Crippen LogP contribution < -0.4 is 0 Å². The third kappa shape index (κ3) is 2.01. The minimum atomic E-state index is 1.27. The Hall–Kier alpha value is -2.58. The van der Waals surface area contributed by atoms with Crippen molar-refractivity contribution in [2.45, 2.75) is 20.8 Å². The topological polar surface area (TPSA) is 4.93 Å². The van der Waals surface area contributed by atoms with Crippen LogP contribution in [0.15, 0.2) is 60.7 Å². The number of thiophene rings is 1. The van der Waals surface area contributed by atoms with Crippen molar-refractivity contribution in [2.24, 2.45) is 0 Å². The highest BCUT2D eigenvalue weighted by atomic mass is 32.1. The molecule has 0 aliphatic heterocycles. The SMILES string of the molecule is Cc1cc2c(C)c(C)sc2cc1-n1c2ccccc2c2ccccc21. The third-order valence-electron chi connectivity index (χ3n) is 5.31. The van der Waals surface area contributed by atoms with Gasteiger partial charge >= 0.3 is 0 Å². The van der Waals surface area contributed by atoms with E-state index in [0.29, 0.717) is 0 Å². The Morgan fingerprint density at radius 3 is 1.96 bits per heavy atom. The van der Waals surface area contributed by atoms with E-state index in [1.807, 2.05) is 11.3 Å². The Labute approximate surface area is 151 Å². The van der Waals surface area contributed by atoms with Gasteiger partial charge in [-0.05, 0) is 61.5 Å². The minimum absolute atomic E-state index is 1.27. The molecule has 2 heterocycles. The Morgan fingerprint density at radius 2 is 1.32 bits per heavy atom. The van der Waals surface area contributed by atoms with E-state index in [4.69, 9.17) is 0 Å². The Balaban J connectivity index is 1.95. The van der Waals surface area contributed by atoms with Gasteiger partial charge in [0.15, 0.2) is 0 Å². The van der Waals surface area contributed by atoms with Crippen molar-refractivity contribution in [3.8, 4) is 5.69 Å². The minimum Gasteiger partial charge on any atom is -0.309 e. The van der Waals surface area contributed by atoms with E-state index in [-0.39, 0.29) is 0 Å². The standard InChI is InChI=1S/C23H19NS/c1-14-12-19-15(2)16(3)25-23(19)13-22(14)24-20-10-6-4-8-17(20)18-9-5-7-11-21(18)24/h4-13H,1-3H3. The van der Waals surface area contributed by atoms with E-state index in [1.54, 1.807) is 0 Å². The fourth-order valence-electron chi connectivity index (χ4n) is 3.91. The number of aromatic nitrogens is 1. The lowest BCUT2D eigenvalue weighted by Crippen LogP contribution is -1.96. The molecule has 0 atom stereocenters. The second kappa shape index (κ2) is 5.21. The van der Waals surface area contributed by atoms with Crippen LogP contribution in [0, 0.1) is 20.8 Å². The quantitative estimate of drug-likeness (QED) is 0.312. The van der Waals surface area contributed by atoms with E-state index < -0.39 is 0 Å². The molecule has 0 N–H and O–H groups in total. The lowest BCUT2D eigenvalue weighted by Gasteiger charge is -2.12. The Kier molecular flexibility index (Phi) is 3.07. The Bertz CT molecular complexity index is 1220. The smallest absolute Gasteiger partial charge is 0.0541 e. The van der Waals surface area contributed by atoms with Crippen molar-refractivity contribution in [3.05, 3.63) is 76.7 Å². The summed E-state index contributed by atoms with van der Waals surface area (Å²) < 4.78 is 3.79. The van der Waals surface area contributed by atoms with Crippen molar-refractivity contribution in [3.63, 3.8) is 0 Å². The van der Waals surface area contributed by atoms with Crippen LogP contribution in [0.25, 0.3) is 37.6 Å². The molecule has 0 unspecified atom stereocenters. The first-order chi connectivity index (χ1) is 12.1. The van der Waals surface area contributed by atoms with Gasteiger partial charge in [-0.15, -0.1) is 11.3 Å². The molecule has 2 heteroatoms. The van der Waals surface area contributed by atoms with Gasteiger partial charge in [0.1, 0.15) is 0 Å². The maximum atomic E-state index is 2.42. The predicted molar refractivity (Wildman–Crippen MR) is 110 cm³/mol. The van der Waals surface area contributed by atoms with Crippen LogP contribution in [0.5, 0.6) is 0 Å². The highest BCUT2D eigenvalue weighted by Crippen LogP contribution is 2.37. The second-order valence-corrected chi connectivity index (χ2v) is 8.04. The molecule has 5 rings (SSSR count). The number of nitrogens with zero attached hydrogens (tertiary/aromatic N) is 1. The van der Waals surface area contributed by atoms with Crippen LogP contribution >= 0.6 is 11.3 Å². The van der Waals surface area contributed by atoms with E-state index in [9.17, 15) is 0 Å². The number of hydrogen-bond acceptors (Lipinski definition) is 1. The maximum Gasteiger partial charge on any atom is 0.0541 e. The largest absolute Gasteiger partial charge is 0.309 e. The molecule has 3 aromatic carbocycles. The highest BCUT2D eigenvalue weighted by Gasteiger charge is 2.15. The molecule has 0 saturated heterocycles. The van der Waals surface area contributed by atoms with Crippen molar-refractivity contribution >= 4 is 43.2 Å². The zero-order valence-electron chi connectivity index (χ0n) is 14.6. The van der Waals surface area contributed by atoms with Gasteiger partial charge in [-0.3, -0.25) is 0 Å². The molecule has 0 amide bonds. The van der Waals surface area contributed by atoms with Crippen molar-refractivity contribution in [1.82, 2.24) is 4.57 Å². The summed E-state index contributed by atoms with van der Waals surface area (Å²) in [6.07, 6.45) is 0. The molecule has 0 aliphatic carbocycles. The van der Waals surface area contributed by atoms with Crippen LogP contribution in [-0.4, -0.2) is 4.57 Å². The number of rotatable bonds is 1. The third-order valence-corrected chi connectivity index (χ3v) is 6.48. The lowest BCUT2D eigenvalue weighted by molar-refractivity contribution is 1.16. The first-order valence-electron chi connectivity index (χ1n) is 8.64. The molecule has 2 aromatic heterocycles. The first-order valence-corrected chi connectivity index (χ1v) is 9.45. The molecule has 122 valence electrons.